The van der Waals surface area contributed by atoms with Gasteiger partial charge in [0.1, 0.15) is 0 Å². The lowest BCUT2D eigenvalue weighted by Crippen LogP contribution is -2.51. The summed E-state index contributed by atoms with van der Waals surface area (Å²) in [6, 6.07) is 1.66. The summed E-state index contributed by atoms with van der Waals surface area (Å²) in [4.78, 5) is 5.37. The van der Waals surface area contributed by atoms with Crippen LogP contribution in [0.25, 0.3) is 0 Å². The SMILES string of the molecule is CCCN1CCN(C2CCC(NC)CC2)CC1. The van der Waals surface area contributed by atoms with Crippen molar-refractivity contribution >= 4 is 0 Å². The highest BCUT2D eigenvalue weighted by Crippen LogP contribution is 2.23. The third-order valence-electron chi connectivity index (χ3n) is 4.57. The van der Waals surface area contributed by atoms with Crippen LogP contribution in [0.5, 0.6) is 0 Å². The van der Waals surface area contributed by atoms with Gasteiger partial charge in [-0.25, -0.2) is 0 Å². The van der Waals surface area contributed by atoms with E-state index in [0.717, 1.165) is 12.1 Å². The lowest BCUT2D eigenvalue weighted by atomic mass is 9.90. The largest absolute Gasteiger partial charge is 0.317 e. The molecule has 1 saturated heterocycles. The van der Waals surface area contributed by atoms with Crippen LogP contribution in [0.2, 0.25) is 0 Å². The molecule has 3 heteroatoms. The van der Waals surface area contributed by atoms with Crippen molar-refractivity contribution in [2.45, 2.75) is 51.1 Å². The van der Waals surface area contributed by atoms with Crippen LogP contribution < -0.4 is 5.32 Å². The molecule has 1 aliphatic carbocycles. The number of rotatable bonds is 4. The van der Waals surface area contributed by atoms with Crippen molar-refractivity contribution in [1.82, 2.24) is 15.1 Å². The number of hydrogen-bond donors (Lipinski definition) is 1. The molecule has 2 fully saturated rings. The van der Waals surface area contributed by atoms with Crippen LogP contribution in [0.1, 0.15) is 39.0 Å². The molecule has 0 bridgehead atoms. The van der Waals surface area contributed by atoms with Crippen LogP contribution in [-0.4, -0.2) is 61.7 Å². The molecule has 0 aromatic rings. The second-order valence-electron chi connectivity index (χ2n) is 5.67. The standard InChI is InChI=1S/C14H29N3/c1-3-8-16-9-11-17(12-10-16)14-6-4-13(15-2)5-7-14/h13-15H,3-12H2,1-2H3. The monoisotopic (exact) mass is 239 g/mol. The fourth-order valence-electron chi connectivity index (χ4n) is 3.40. The first kappa shape index (κ1) is 13.3. The molecule has 1 saturated carbocycles. The predicted octanol–water partition coefficient (Wildman–Crippen LogP) is 1.54. The molecule has 3 nitrogen and oxygen atoms in total. The van der Waals surface area contributed by atoms with E-state index in [1.807, 2.05) is 0 Å². The quantitative estimate of drug-likeness (QED) is 0.803. The summed E-state index contributed by atoms with van der Waals surface area (Å²) in [5, 5.41) is 3.42. The molecule has 1 heterocycles. The van der Waals surface area contributed by atoms with Gasteiger partial charge in [0.2, 0.25) is 0 Å². The first-order valence-electron chi connectivity index (χ1n) is 7.47. The zero-order valence-corrected chi connectivity index (χ0v) is 11.6. The van der Waals surface area contributed by atoms with Gasteiger partial charge in [-0.3, -0.25) is 4.90 Å². The van der Waals surface area contributed by atoms with Crippen molar-refractivity contribution in [3.8, 4) is 0 Å². The molecule has 0 amide bonds. The second kappa shape index (κ2) is 6.72. The van der Waals surface area contributed by atoms with Crippen LogP contribution in [0, 0.1) is 0 Å². The van der Waals surface area contributed by atoms with E-state index in [2.05, 4.69) is 29.1 Å². The number of piperazine rings is 1. The topological polar surface area (TPSA) is 18.5 Å². The zero-order chi connectivity index (χ0) is 12.1. The van der Waals surface area contributed by atoms with Gasteiger partial charge in [0.05, 0.1) is 0 Å². The van der Waals surface area contributed by atoms with Crippen LogP contribution in [0.15, 0.2) is 0 Å². The van der Waals surface area contributed by atoms with Gasteiger partial charge in [-0.05, 0) is 45.7 Å². The second-order valence-corrected chi connectivity index (χ2v) is 5.67. The molecule has 0 unspecified atom stereocenters. The average Bonchev–Trinajstić information content (AvgIpc) is 2.40. The molecule has 1 N–H and O–H groups in total. The van der Waals surface area contributed by atoms with Gasteiger partial charge in [0.15, 0.2) is 0 Å². The summed E-state index contributed by atoms with van der Waals surface area (Å²) in [7, 11) is 2.11. The Morgan fingerprint density at radius 2 is 1.65 bits per heavy atom. The Morgan fingerprint density at radius 1 is 1.00 bits per heavy atom. The Morgan fingerprint density at radius 3 is 2.18 bits per heavy atom. The molecular weight excluding hydrogens is 210 g/mol. The van der Waals surface area contributed by atoms with E-state index in [1.54, 1.807) is 0 Å². The third kappa shape index (κ3) is 3.67. The normalized spacial score (nSPS) is 32.8. The summed E-state index contributed by atoms with van der Waals surface area (Å²) in [5.74, 6) is 0. The van der Waals surface area contributed by atoms with Crippen molar-refractivity contribution < 1.29 is 0 Å². The highest BCUT2D eigenvalue weighted by atomic mass is 15.3. The van der Waals surface area contributed by atoms with E-state index in [-0.39, 0.29) is 0 Å². The van der Waals surface area contributed by atoms with Crippen molar-refractivity contribution in [3.05, 3.63) is 0 Å². The van der Waals surface area contributed by atoms with Crippen LogP contribution in [0.4, 0.5) is 0 Å². The maximum Gasteiger partial charge on any atom is 0.0113 e. The Labute approximate surface area is 107 Å². The van der Waals surface area contributed by atoms with Crippen LogP contribution >= 0.6 is 0 Å². The summed E-state index contributed by atoms with van der Waals surface area (Å²) in [5.41, 5.74) is 0. The third-order valence-corrected chi connectivity index (χ3v) is 4.57. The van der Waals surface area contributed by atoms with Gasteiger partial charge in [-0.1, -0.05) is 6.92 Å². The first-order chi connectivity index (χ1) is 8.33. The average molecular weight is 239 g/mol. The van der Waals surface area contributed by atoms with Gasteiger partial charge in [0.25, 0.3) is 0 Å². The smallest absolute Gasteiger partial charge is 0.0113 e. The minimum atomic E-state index is 0.785. The van der Waals surface area contributed by atoms with Crippen molar-refractivity contribution in [3.63, 3.8) is 0 Å². The minimum absolute atomic E-state index is 0.785. The fourth-order valence-corrected chi connectivity index (χ4v) is 3.40. The van der Waals surface area contributed by atoms with E-state index >= 15 is 0 Å². The Bertz CT molecular complexity index is 204. The number of nitrogens with zero attached hydrogens (tertiary/aromatic N) is 2. The number of hydrogen-bond acceptors (Lipinski definition) is 3. The lowest BCUT2D eigenvalue weighted by Gasteiger charge is -2.42. The van der Waals surface area contributed by atoms with E-state index in [1.165, 1.54) is 64.8 Å². The molecule has 0 radical (unpaired) electrons. The highest BCUT2D eigenvalue weighted by Gasteiger charge is 2.27. The Hall–Kier alpha value is -0.120. The van der Waals surface area contributed by atoms with Gasteiger partial charge in [0, 0.05) is 38.3 Å². The van der Waals surface area contributed by atoms with Gasteiger partial charge in [-0.2, -0.15) is 0 Å². The van der Waals surface area contributed by atoms with E-state index < -0.39 is 0 Å². The molecule has 0 spiro atoms. The van der Waals surface area contributed by atoms with Crippen molar-refractivity contribution in [1.29, 1.82) is 0 Å². The first-order valence-corrected chi connectivity index (χ1v) is 7.47. The van der Waals surface area contributed by atoms with Gasteiger partial charge >= 0.3 is 0 Å². The zero-order valence-electron chi connectivity index (χ0n) is 11.6. The maximum atomic E-state index is 3.42. The molecular formula is C14H29N3. The molecule has 2 rings (SSSR count). The molecule has 0 atom stereocenters. The van der Waals surface area contributed by atoms with E-state index in [4.69, 9.17) is 0 Å². The predicted molar refractivity (Wildman–Crippen MR) is 73.4 cm³/mol. The lowest BCUT2D eigenvalue weighted by molar-refractivity contribution is 0.0747. The molecule has 100 valence electrons. The van der Waals surface area contributed by atoms with Gasteiger partial charge in [-0.15, -0.1) is 0 Å². The van der Waals surface area contributed by atoms with Crippen LogP contribution in [-0.2, 0) is 0 Å². The highest BCUT2D eigenvalue weighted by molar-refractivity contribution is 4.84. The Kier molecular flexibility index (Phi) is 5.26. The van der Waals surface area contributed by atoms with Crippen LogP contribution in [0.3, 0.4) is 0 Å². The summed E-state index contributed by atoms with van der Waals surface area (Å²) in [6.07, 6.45) is 6.85. The van der Waals surface area contributed by atoms with E-state index in [9.17, 15) is 0 Å². The number of nitrogens with one attached hydrogen (secondary N) is 1. The molecule has 1 aliphatic heterocycles. The van der Waals surface area contributed by atoms with Gasteiger partial charge < -0.3 is 10.2 Å². The summed E-state index contributed by atoms with van der Waals surface area (Å²) >= 11 is 0. The minimum Gasteiger partial charge on any atom is -0.317 e. The van der Waals surface area contributed by atoms with Crippen molar-refractivity contribution in [2.75, 3.05) is 39.8 Å². The summed E-state index contributed by atoms with van der Waals surface area (Å²) < 4.78 is 0. The maximum absolute atomic E-state index is 3.42. The molecule has 2 aliphatic rings. The van der Waals surface area contributed by atoms with Crippen molar-refractivity contribution in [2.24, 2.45) is 0 Å². The molecule has 0 aromatic heterocycles. The molecule has 17 heavy (non-hydrogen) atoms. The molecule has 0 aromatic carbocycles. The Balaban J connectivity index is 1.70. The summed E-state index contributed by atoms with van der Waals surface area (Å²) in [6.45, 7) is 8.76. The van der Waals surface area contributed by atoms with E-state index in [0.29, 0.717) is 0 Å². The fraction of sp³-hybridized carbons (Fsp3) is 1.00.